The van der Waals surface area contributed by atoms with E-state index in [1.807, 2.05) is 113 Å². The van der Waals surface area contributed by atoms with E-state index in [0.717, 1.165) is 68.3 Å². The summed E-state index contributed by atoms with van der Waals surface area (Å²) in [6.45, 7) is 51.7. The first-order chi connectivity index (χ1) is 44.4. The van der Waals surface area contributed by atoms with E-state index < -0.39 is 0 Å². The second-order valence-corrected chi connectivity index (χ2v) is 27.8. The topological polar surface area (TPSA) is 98.9 Å². The molecule has 0 saturated carbocycles. The lowest BCUT2D eigenvalue weighted by atomic mass is 9.86. The molecular weight excluding hydrogens is 1150 g/mol. The third-order valence-electron chi connectivity index (χ3n) is 16.1. The molecule has 0 saturated heterocycles. The number of rotatable bonds is 16. The van der Waals surface area contributed by atoms with E-state index in [1.54, 1.807) is 12.4 Å². The minimum Gasteiger partial charge on any atom is -0.255 e. The maximum atomic E-state index is 4.90. The van der Waals surface area contributed by atoms with Crippen LogP contribution in [0.5, 0.6) is 0 Å². The van der Waals surface area contributed by atoms with Crippen molar-refractivity contribution in [3.8, 4) is 0 Å². The SMILES string of the molecule is CC(=Nc1ccccc1)C(C)=Nc1ccccc1.CC(=Nc1ccccc1C(C)(C)C)C(C)=Nc1ccccc1C(C)(C)C.CC(C)c1cccc(C(C)C)c1N=CC=Nc1c(C(C)C)cccc1C(C)C.Cc1cc(C)c(N=CC=Nc2c(C)cc(C)cc2C)c(C)c1. The molecule has 0 aliphatic carbocycles. The summed E-state index contributed by atoms with van der Waals surface area (Å²) < 4.78 is 0. The van der Waals surface area contributed by atoms with Crippen LogP contribution in [0.3, 0.4) is 0 Å². The van der Waals surface area contributed by atoms with Crippen LogP contribution >= 0.6 is 0 Å². The Morgan fingerprint density at radius 2 is 0.543 bits per heavy atom. The molecule has 8 nitrogen and oxygen atoms in total. The van der Waals surface area contributed by atoms with E-state index in [4.69, 9.17) is 20.0 Å². The standard InChI is InChI=1S/C26H36N2.C24H32N2.C20H24N2.C16H16N2/c1-17(2)21-11-9-12-22(18(3)4)25(21)27-15-16-28-26-23(19(5)6)13-10-14-24(26)20(7)8;1-17(25-21-15-11-9-13-19(21)23(3,4)5)18(2)26-22-16-12-10-14-20(22)24(6,7)8;1-13-9-15(3)19(16(4)10-13)21-7-8-22-20-17(5)11-14(2)12-18(20)6;1-13(17-15-9-5-3-6-10-15)14(2)18-16-11-7-4-8-12-16/h9-20H,1-8H3;9-16H,1-8H3;7-12H,1-6H3;3-12H,1-2H3. The molecule has 0 unspecified atom stereocenters. The highest BCUT2D eigenvalue weighted by molar-refractivity contribution is 6.42. The van der Waals surface area contributed by atoms with E-state index in [1.165, 1.54) is 66.8 Å². The summed E-state index contributed by atoms with van der Waals surface area (Å²) in [7, 11) is 0. The minimum absolute atomic E-state index is 0.0598. The predicted octanol–water partition coefficient (Wildman–Crippen LogP) is 25.7. The van der Waals surface area contributed by atoms with Crippen LogP contribution in [0.25, 0.3) is 0 Å². The Balaban J connectivity index is 0.000000230. The molecule has 0 aliphatic heterocycles. The highest BCUT2D eigenvalue weighted by Gasteiger charge is 2.20. The van der Waals surface area contributed by atoms with Crippen molar-refractivity contribution >= 4 is 93.2 Å². The number of benzene rings is 8. The average molecular weight is 1250 g/mol. The van der Waals surface area contributed by atoms with Gasteiger partial charge in [0.1, 0.15) is 0 Å². The monoisotopic (exact) mass is 1250 g/mol. The van der Waals surface area contributed by atoms with Gasteiger partial charge in [-0.3, -0.25) is 39.9 Å². The van der Waals surface area contributed by atoms with Crippen LogP contribution in [-0.4, -0.2) is 47.7 Å². The number of aryl methyl sites for hydroxylation is 6. The first-order valence-electron chi connectivity index (χ1n) is 33.4. The van der Waals surface area contributed by atoms with Crippen molar-refractivity contribution in [1.29, 1.82) is 0 Å². The van der Waals surface area contributed by atoms with Crippen molar-refractivity contribution in [2.75, 3.05) is 0 Å². The first kappa shape index (κ1) is 75.8. The molecule has 0 atom stereocenters. The molecule has 0 spiro atoms. The number of nitrogens with zero attached hydrogens (tertiary/aromatic N) is 8. The highest BCUT2D eigenvalue weighted by atomic mass is 14.8. The quantitative estimate of drug-likeness (QED) is 0.0861. The molecule has 8 aromatic carbocycles. The molecule has 0 bridgehead atoms. The molecule has 8 aromatic rings. The van der Waals surface area contributed by atoms with E-state index >= 15 is 0 Å². The maximum absolute atomic E-state index is 4.90. The molecule has 0 aromatic heterocycles. The van der Waals surface area contributed by atoms with Crippen molar-refractivity contribution in [3.05, 3.63) is 237 Å². The number of hydrogen-bond acceptors (Lipinski definition) is 8. The summed E-state index contributed by atoms with van der Waals surface area (Å²) in [5.41, 5.74) is 27.1. The Kier molecular flexibility index (Phi) is 29.0. The van der Waals surface area contributed by atoms with Gasteiger partial charge in [0.2, 0.25) is 0 Å². The van der Waals surface area contributed by atoms with Gasteiger partial charge in [-0.05, 0) is 196 Å². The Morgan fingerprint density at radius 3 is 0.809 bits per heavy atom. The zero-order valence-electron chi connectivity index (χ0n) is 61.4. The Labute approximate surface area is 567 Å². The summed E-state index contributed by atoms with van der Waals surface area (Å²) in [6, 6.07) is 58.2. The fourth-order valence-corrected chi connectivity index (χ4v) is 11.0. The zero-order valence-corrected chi connectivity index (χ0v) is 61.4. The largest absolute Gasteiger partial charge is 0.255 e. The third-order valence-corrected chi connectivity index (χ3v) is 16.1. The summed E-state index contributed by atoms with van der Waals surface area (Å²) >= 11 is 0. The molecule has 0 fully saturated rings. The van der Waals surface area contributed by atoms with Crippen LogP contribution in [0.4, 0.5) is 45.5 Å². The van der Waals surface area contributed by atoms with Gasteiger partial charge in [0, 0.05) is 24.9 Å². The van der Waals surface area contributed by atoms with Crippen LogP contribution in [0.15, 0.2) is 210 Å². The van der Waals surface area contributed by atoms with Crippen LogP contribution in [0.1, 0.15) is 215 Å². The van der Waals surface area contributed by atoms with Gasteiger partial charge < -0.3 is 0 Å². The van der Waals surface area contributed by atoms with Crippen LogP contribution in [0, 0.1) is 41.5 Å². The van der Waals surface area contributed by atoms with Crippen molar-refractivity contribution in [3.63, 3.8) is 0 Å². The van der Waals surface area contributed by atoms with Crippen LogP contribution in [0.2, 0.25) is 0 Å². The predicted molar refractivity (Wildman–Crippen MR) is 417 cm³/mol. The number of para-hydroxylation sites is 6. The lowest BCUT2D eigenvalue weighted by molar-refractivity contribution is 0.591. The summed E-state index contributed by atoms with van der Waals surface area (Å²) in [5, 5.41) is 0. The molecule has 8 heteroatoms. The van der Waals surface area contributed by atoms with E-state index in [2.05, 4.69) is 256 Å². The Hall–Kier alpha value is -8.88. The van der Waals surface area contributed by atoms with Gasteiger partial charge in [-0.1, -0.05) is 242 Å². The van der Waals surface area contributed by atoms with Crippen molar-refractivity contribution in [2.24, 2.45) is 39.9 Å². The average Bonchev–Trinajstić information content (AvgIpc) is 0.878. The lowest BCUT2D eigenvalue weighted by Crippen LogP contribution is -2.13. The van der Waals surface area contributed by atoms with Gasteiger partial charge in [-0.15, -0.1) is 0 Å². The fraction of sp³-hybridized carbons (Fsp3) is 0.349. The van der Waals surface area contributed by atoms with Gasteiger partial charge in [-0.25, -0.2) is 0 Å². The second kappa shape index (κ2) is 36.0. The van der Waals surface area contributed by atoms with Crippen molar-refractivity contribution in [1.82, 2.24) is 0 Å². The number of aliphatic imine (C=N–C) groups is 8. The molecule has 0 amide bonds. The molecule has 492 valence electrons. The van der Waals surface area contributed by atoms with E-state index in [-0.39, 0.29) is 10.8 Å². The summed E-state index contributed by atoms with van der Waals surface area (Å²) in [5.74, 6) is 1.77. The Morgan fingerprint density at radius 1 is 0.298 bits per heavy atom. The van der Waals surface area contributed by atoms with Gasteiger partial charge >= 0.3 is 0 Å². The first-order valence-corrected chi connectivity index (χ1v) is 33.4. The third kappa shape index (κ3) is 23.3. The second-order valence-electron chi connectivity index (χ2n) is 27.8. The van der Waals surface area contributed by atoms with Crippen LogP contribution < -0.4 is 0 Å². The van der Waals surface area contributed by atoms with Gasteiger partial charge in [-0.2, -0.15) is 0 Å². The normalized spacial score (nSPS) is 12.7. The molecule has 0 heterocycles. The van der Waals surface area contributed by atoms with Crippen molar-refractivity contribution in [2.45, 2.75) is 201 Å². The van der Waals surface area contributed by atoms with Gasteiger partial charge in [0.25, 0.3) is 0 Å². The number of hydrogen-bond donors (Lipinski definition) is 0. The molecule has 0 aliphatic rings. The lowest BCUT2D eigenvalue weighted by Gasteiger charge is -2.22. The van der Waals surface area contributed by atoms with Gasteiger partial charge in [0.05, 0.1) is 68.3 Å². The smallest absolute Gasteiger partial charge is 0.0699 e. The Bertz CT molecular complexity index is 3660. The minimum atomic E-state index is 0.0598. The van der Waals surface area contributed by atoms with Gasteiger partial charge in [0.15, 0.2) is 0 Å². The molecular formula is C86H108N8. The molecule has 0 N–H and O–H groups in total. The van der Waals surface area contributed by atoms with Crippen molar-refractivity contribution < 1.29 is 0 Å². The molecule has 0 radical (unpaired) electrons. The zero-order chi connectivity index (χ0) is 69.5. The van der Waals surface area contributed by atoms with Crippen LogP contribution in [-0.2, 0) is 10.8 Å². The summed E-state index contributed by atoms with van der Waals surface area (Å²) in [4.78, 5) is 37.7. The summed E-state index contributed by atoms with van der Waals surface area (Å²) in [6.07, 6.45) is 7.27. The molecule has 94 heavy (non-hydrogen) atoms. The molecule has 8 rings (SSSR count). The fourth-order valence-electron chi connectivity index (χ4n) is 11.0. The van der Waals surface area contributed by atoms with E-state index in [0.29, 0.717) is 23.7 Å². The highest BCUT2D eigenvalue weighted by Crippen LogP contribution is 2.38. The van der Waals surface area contributed by atoms with E-state index in [9.17, 15) is 0 Å². The maximum Gasteiger partial charge on any atom is 0.0699 e.